The Labute approximate surface area is 130 Å². The zero-order chi connectivity index (χ0) is 16.3. The van der Waals surface area contributed by atoms with Crippen LogP contribution in [0.5, 0.6) is 0 Å². The van der Waals surface area contributed by atoms with E-state index in [1.54, 1.807) is 6.92 Å². The van der Waals surface area contributed by atoms with Crippen molar-refractivity contribution in [2.45, 2.75) is 13.0 Å². The number of carbonyl (C=O) groups excluding carboxylic acids is 1. The van der Waals surface area contributed by atoms with Crippen molar-refractivity contribution < 1.29 is 18.8 Å². The van der Waals surface area contributed by atoms with Gasteiger partial charge in [-0.05, 0) is 36.8 Å². The molecule has 0 aliphatic carbocycles. The number of hydrogen-bond acceptors (Lipinski definition) is 4. The molecule has 0 amide bonds. The van der Waals surface area contributed by atoms with Crippen molar-refractivity contribution in [3.8, 4) is 0 Å². The molecule has 0 radical (unpaired) electrons. The number of benzene rings is 2. The number of nitrogens with zero attached hydrogens (tertiary/aromatic N) is 1. The summed E-state index contributed by atoms with van der Waals surface area (Å²) >= 11 is 5.68. The Kier molecular flexibility index (Phi) is 4.72. The van der Waals surface area contributed by atoms with Crippen molar-refractivity contribution in [2.24, 2.45) is 0 Å². The summed E-state index contributed by atoms with van der Waals surface area (Å²) in [5.41, 5.74) is 0.258. The molecule has 2 aromatic rings. The minimum absolute atomic E-state index is 0.0186. The normalized spacial score (nSPS) is 11.8. The molecule has 0 bridgehead atoms. The van der Waals surface area contributed by atoms with E-state index in [9.17, 15) is 19.3 Å². The standard InChI is InChI=1S/C15H11ClFNO4/c1-9(10-2-5-12(17)6-3-10)22-15(19)11-4-7-13(16)14(8-11)18(20)21/h2-9H,1H3/t9-/m1/s1. The third kappa shape index (κ3) is 3.59. The highest BCUT2D eigenvalue weighted by Gasteiger charge is 2.19. The van der Waals surface area contributed by atoms with Crippen LogP contribution in [-0.4, -0.2) is 10.9 Å². The molecule has 2 rings (SSSR count). The number of carbonyl (C=O) groups is 1. The van der Waals surface area contributed by atoms with Crippen LogP contribution in [0.25, 0.3) is 0 Å². The molecule has 0 N–H and O–H groups in total. The fraction of sp³-hybridized carbons (Fsp3) is 0.133. The molecule has 0 heterocycles. The van der Waals surface area contributed by atoms with Crippen LogP contribution in [0, 0.1) is 15.9 Å². The van der Waals surface area contributed by atoms with E-state index < -0.39 is 22.8 Å². The second-order valence-corrected chi connectivity index (χ2v) is 4.93. The molecule has 1 atom stereocenters. The molecule has 2 aromatic carbocycles. The van der Waals surface area contributed by atoms with Gasteiger partial charge in [0.2, 0.25) is 0 Å². The summed E-state index contributed by atoms with van der Waals surface area (Å²) in [5.74, 6) is -1.12. The van der Waals surface area contributed by atoms with Gasteiger partial charge in [0.25, 0.3) is 5.69 Å². The predicted octanol–water partition coefficient (Wildman–Crippen LogP) is 4.31. The lowest BCUT2D eigenvalue weighted by Gasteiger charge is -2.13. The molecule has 0 fully saturated rings. The Balaban J connectivity index is 2.16. The van der Waals surface area contributed by atoms with Gasteiger partial charge in [-0.2, -0.15) is 0 Å². The van der Waals surface area contributed by atoms with Gasteiger partial charge in [0, 0.05) is 6.07 Å². The second kappa shape index (κ2) is 6.53. The largest absolute Gasteiger partial charge is 0.454 e. The maximum Gasteiger partial charge on any atom is 0.338 e. The van der Waals surface area contributed by atoms with Gasteiger partial charge in [0.15, 0.2) is 0 Å². The van der Waals surface area contributed by atoms with Gasteiger partial charge in [0.05, 0.1) is 10.5 Å². The molecule has 0 aliphatic heterocycles. The van der Waals surface area contributed by atoms with Crippen LogP contribution in [0.3, 0.4) is 0 Å². The Hall–Kier alpha value is -2.47. The SMILES string of the molecule is C[C@@H](OC(=O)c1ccc(Cl)c([N+](=O)[O-])c1)c1ccc(F)cc1. The first-order valence-electron chi connectivity index (χ1n) is 6.29. The van der Waals surface area contributed by atoms with Crippen LogP contribution >= 0.6 is 11.6 Å². The molecule has 0 unspecified atom stereocenters. The van der Waals surface area contributed by atoms with Crippen LogP contribution in [-0.2, 0) is 4.74 Å². The summed E-state index contributed by atoms with van der Waals surface area (Å²) in [4.78, 5) is 22.1. The van der Waals surface area contributed by atoms with E-state index in [0.717, 1.165) is 6.07 Å². The van der Waals surface area contributed by atoms with Gasteiger partial charge >= 0.3 is 5.97 Å². The lowest BCUT2D eigenvalue weighted by molar-refractivity contribution is -0.384. The number of halogens is 2. The lowest BCUT2D eigenvalue weighted by Crippen LogP contribution is -2.09. The number of ether oxygens (including phenoxy) is 1. The maximum absolute atomic E-state index is 12.9. The van der Waals surface area contributed by atoms with Gasteiger partial charge in [0.1, 0.15) is 16.9 Å². The van der Waals surface area contributed by atoms with Crippen molar-refractivity contribution in [1.29, 1.82) is 0 Å². The first-order chi connectivity index (χ1) is 10.4. The maximum atomic E-state index is 12.9. The first-order valence-corrected chi connectivity index (χ1v) is 6.66. The van der Waals surface area contributed by atoms with E-state index in [2.05, 4.69) is 0 Å². The summed E-state index contributed by atoms with van der Waals surface area (Å²) in [7, 11) is 0. The first kappa shape index (κ1) is 15.9. The second-order valence-electron chi connectivity index (χ2n) is 4.52. The van der Waals surface area contributed by atoms with E-state index in [4.69, 9.17) is 16.3 Å². The Bertz CT molecular complexity index is 718. The highest BCUT2D eigenvalue weighted by atomic mass is 35.5. The number of nitro groups is 1. The zero-order valence-electron chi connectivity index (χ0n) is 11.5. The molecule has 5 nitrogen and oxygen atoms in total. The van der Waals surface area contributed by atoms with E-state index in [1.807, 2.05) is 0 Å². The molecule has 0 aromatic heterocycles. The topological polar surface area (TPSA) is 69.4 Å². The Morgan fingerprint density at radius 2 is 1.91 bits per heavy atom. The molecule has 22 heavy (non-hydrogen) atoms. The van der Waals surface area contributed by atoms with E-state index in [1.165, 1.54) is 36.4 Å². The third-order valence-electron chi connectivity index (χ3n) is 3.00. The van der Waals surface area contributed by atoms with E-state index in [-0.39, 0.29) is 16.3 Å². The van der Waals surface area contributed by atoms with Gasteiger partial charge in [-0.3, -0.25) is 10.1 Å². The summed E-state index contributed by atoms with van der Waals surface area (Å²) in [6.45, 7) is 1.62. The quantitative estimate of drug-likeness (QED) is 0.477. The van der Waals surface area contributed by atoms with E-state index in [0.29, 0.717) is 5.56 Å². The van der Waals surface area contributed by atoms with Crippen LogP contribution in [0.1, 0.15) is 28.9 Å². The summed E-state index contributed by atoms with van der Waals surface area (Å²) in [5, 5.41) is 10.7. The minimum atomic E-state index is -0.725. The molecule has 7 heteroatoms. The molecule has 0 spiro atoms. The minimum Gasteiger partial charge on any atom is -0.454 e. The van der Waals surface area contributed by atoms with Crippen LogP contribution in [0.15, 0.2) is 42.5 Å². The van der Waals surface area contributed by atoms with E-state index >= 15 is 0 Å². The smallest absolute Gasteiger partial charge is 0.338 e. The average Bonchev–Trinajstić information content (AvgIpc) is 2.47. The van der Waals surface area contributed by atoms with Crippen LogP contribution in [0.2, 0.25) is 5.02 Å². The number of hydrogen-bond donors (Lipinski definition) is 0. The summed E-state index contributed by atoms with van der Waals surface area (Å²) in [6, 6.07) is 9.17. The van der Waals surface area contributed by atoms with Crippen LogP contribution < -0.4 is 0 Å². The third-order valence-corrected chi connectivity index (χ3v) is 3.32. The molecule has 114 valence electrons. The van der Waals surface area contributed by atoms with Crippen molar-refractivity contribution in [3.05, 3.63) is 74.5 Å². The fourth-order valence-electron chi connectivity index (χ4n) is 1.81. The molecule has 0 saturated heterocycles. The van der Waals surface area contributed by atoms with Gasteiger partial charge in [-0.25, -0.2) is 9.18 Å². The van der Waals surface area contributed by atoms with Crippen LogP contribution in [0.4, 0.5) is 10.1 Å². The molecule has 0 saturated carbocycles. The lowest BCUT2D eigenvalue weighted by atomic mass is 10.1. The monoisotopic (exact) mass is 323 g/mol. The molecular weight excluding hydrogens is 313 g/mol. The highest BCUT2D eigenvalue weighted by molar-refractivity contribution is 6.32. The average molecular weight is 324 g/mol. The Morgan fingerprint density at radius 1 is 1.27 bits per heavy atom. The highest BCUT2D eigenvalue weighted by Crippen LogP contribution is 2.26. The molecular formula is C15H11ClFNO4. The summed E-state index contributed by atoms with van der Waals surface area (Å²) in [6.07, 6.45) is -0.622. The van der Waals surface area contributed by atoms with Gasteiger partial charge < -0.3 is 4.74 Å². The summed E-state index contributed by atoms with van der Waals surface area (Å²) < 4.78 is 18.1. The van der Waals surface area contributed by atoms with Crippen molar-refractivity contribution >= 4 is 23.3 Å². The predicted molar refractivity (Wildman–Crippen MR) is 78.3 cm³/mol. The fourth-order valence-corrected chi connectivity index (χ4v) is 2.00. The number of rotatable bonds is 4. The van der Waals surface area contributed by atoms with Gasteiger partial charge in [-0.15, -0.1) is 0 Å². The number of nitro benzene ring substituents is 1. The molecule has 0 aliphatic rings. The zero-order valence-corrected chi connectivity index (χ0v) is 12.2. The van der Waals surface area contributed by atoms with Crippen molar-refractivity contribution in [3.63, 3.8) is 0 Å². The van der Waals surface area contributed by atoms with Crippen molar-refractivity contribution in [1.82, 2.24) is 0 Å². The Morgan fingerprint density at radius 3 is 2.50 bits per heavy atom. The number of esters is 1. The van der Waals surface area contributed by atoms with Crippen molar-refractivity contribution in [2.75, 3.05) is 0 Å². The van der Waals surface area contributed by atoms with Gasteiger partial charge in [-0.1, -0.05) is 23.7 Å².